The van der Waals surface area contributed by atoms with Gasteiger partial charge >= 0.3 is 0 Å². The minimum absolute atomic E-state index is 0.0794. The Morgan fingerprint density at radius 1 is 0.893 bits per heavy atom. The van der Waals surface area contributed by atoms with E-state index in [2.05, 4.69) is 60.4 Å². The Bertz CT molecular complexity index is 924. The summed E-state index contributed by atoms with van der Waals surface area (Å²) in [5.41, 5.74) is 4.64. The summed E-state index contributed by atoms with van der Waals surface area (Å²) in [4.78, 5) is 20.9. The molecule has 0 unspecified atom stereocenters. The van der Waals surface area contributed by atoms with Crippen molar-refractivity contribution in [3.63, 3.8) is 0 Å². The van der Waals surface area contributed by atoms with Gasteiger partial charge in [0, 0.05) is 23.8 Å². The minimum atomic E-state index is -0.234. The molecule has 3 aromatic rings. The number of aryl methyl sites for hydroxylation is 1. The van der Waals surface area contributed by atoms with E-state index >= 15 is 0 Å². The average Bonchev–Trinajstić information content (AvgIpc) is 2.69. The van der Waals surface area contributed by atoms with Crippen molar-refractivity contribution in [2.24, 2.45) is 0 Å². The Labute approximate surface area is 166 Å². The van der Waals surface area contributed by atoms with Crippen LogP contribution >= 0.6 is 0 Å². The molecule has 1 amide bonds. The molecule has 0 spiro atoms. The fraction of sp³-hybridized carbons (Fsp3) is 0.261. The van der Waals surface area contributed by atoms with Gasteiger partial charge in [-0.2, -0.15) is 0 Å². The van der Waals surface area contributed by atoms with Crippen molar-refractivity contribution in [1.82, 2.24) is 9.97 Å². The fourth-order valence-corrected chi connectivity index (χ4v) is 2.72. The Morgan fingerprint density at radius 3 is 2.00 bits per heavy atom. The summed E-state index contributed by atoms with van der Waals surface area (Å²) in [5, 5.41) is 6.02. The predicted octanol–water partition coefficient (Wildman–Crippen LogP) is 5.33. The lowest BCUT2D eigenvalue weighted by Gasteiger charge is -2.19. The van der Waals surface area contributed by atoms with Gasteiger partial charge in [0.25, 0.3) is 5.91 Å². The van der Waals surface area contributed by atoms with E-state index in [0.717, 1.165) is 17.8 Å². The first-order valence-electron chi connectivity index (χ1n) is 9.45. The van der Waals surface area contributed by atoms with Gasteiger partial charge in [-0.1, -0.05) is 52.0 Å². The molecular weight excluding hydrogens is 348 g/mol. The number of nitrogens with one attached hydrogen (secondary N) is 2. The van der Waals surface area contributed by atoms with Crippen LogP contribution in [0.4, 0.5) is 17.3 Å². The second-order valence-electron chi connectivity index (χ2n) is 7.75. The SMILES string of the molecule is CCc1ccc(Nc2ncc(C(=O)Nc3ccc(C(C)(C)C)cc3)cn2)cc1. The summed E-state index contributed by atoms with van der Waals surface area (Å²) in [6.45, 7) is 8.59. The quantitative estimate of drug-likeness (QED) is 0.633. The van der Waals surface area contributed by atoms with E-state index in [1.165, 1.54) is 23.5 Å². The number of aromatic nitrogens is 2. The van der Waals surface area contributed by atoms with Crippen LogP contribution in [0.25, 0.3) is 0 Å². The Balaban J connectivity index is 1.63. The van der Waals surface area contributed by atoms with E-state index in [-0.39, 0.29) is 11.3 Å². The zero-order valence-corrected chi connectivity index (χ0v) is 16.8. The van der Waals surface area contributed by atoms with Crippen LogP contribution in [0.1, 0.15) is 49.2 Å². The van der Waals surface area contributed by atoms with E-state index in [0.29, 0.717) is 11.5 Å². The highest BCUT2D eigenvalue weighted by Crippen LogP contribution is 2.23. The standard InChI is InChI=1S/C23H26N4O/c1-5-16-6-10-20(11-7-16)27-22-24-14-17(15-25-22)21(28)26-19-12-8-18(9-13-19)23(2,3)4/h6-15H,5H2,1-4H3,(H,26,28)(H,24,25,27). The topological polar surface area (TPSA) is 66.9 Å². The molecule has 2 aromatic carbocycles. The number of hydrogen-bond acceptors (Lipinski definition) is 4. The summed E-state index contributed by atoms with van der Waals surface area (Å²) in [7, 11) is 0. The molecule has 0 bridgehead atoms. The van der Waals surface area contributed by atoms with E-state index in [9.17, 15) is 4.79 Å². The Morgan fingerprint density at radius 2 is 1.46 bits per heavy atom. The van der Waals surface area contributed by atoms with Gasteiger partial charge in [-0.05, 0) is 47.2 Å². The summed E-state index contributed by atoms with van der Waals surface area (Å²) >= 11 is 0. The number of carbonyl (C=O) groups excluding carboxylic acids is 1. The second kappa shape index (κ2) is 8.21. The molecule has 28 heavy (non-hydrogen) atoms. The monoisotopic (exact) mass is 374 g/mol. The first-order valence-corrected chi connectivity index (χ1v) is 9.45. The van der Waals surface area contributed by atoms with Crippen LogP contribution < -0.4 is 10.6 Å². The van der Waals surface area contributed by atoms with Crippen molar-refractivity contribution in [3.8, 4) is 0 Å². The molecule has 0 fully saturated rings. The maximum Gasteiger partial charge on any atom is 0.258 e. The Hall–Kier alpha value is -3.21. The van der Waals surface area contributed by atoms with Crippen molar-refractivity contribution < 1.29 is 4.79 Å². The third kappa shape index (κ3) is 4.94. The molecule has 0 aliphatic heterocycles. The van der Waals surface area contributed by atoms with Crippen molar-refractivity contribution in [2.45, 2.75) is 39.5 Å². The molecule has 0 radical (unpaired) electrons. The van der Waals surface area contributed by atoms with Gasteiger partial charge in [0.1, 0.15) is 0 Å². The van der Waals surface area contributed by atoms with Crippen molar-refractivity contribution >= 4 is 23.2 Å². The van der Waals surface area contributed by atoms with Gasteiger partial charge in [-0.25, -0.2) is 9.97 Å². The molecule has 0 aliphatic rings. The molecule has 0 saturated carbocycles. The minimum Gasteiger partial charge on any atom is -0.324 e. The van der Waals surface area contributed by atoms with Crippen molar-refractivity contribution in [1.29, 1.82) is 0 Å². The lowest BCUT2D eigenvalue weighted by Crippen LogP contribution is -2.14. The lowest BCUT2D eigenvalue weighted by atomic mass is 9.87. The number of anilines is 3. The maximum atomic E-state index is 12.4. The van der Waals surface area contributed by atoms with Crippen LogP contribution in [-0.2, 0) is 11.8 Å². The summed E-state index contributed by atoms with van der Waals surface area (Å²) < 4.78 is 0. The van der Waals surface area contributed by atoms with Crippen molar-refractivity contribution in [3.05, 3.63) is 77.6 Å². The Kier molecular flexibility index (Phi) is 5.73. The van der Waals surface area contributed by atoms with Crippen LogP contribution in [-0.4, -0.2) is 15.9 Å². The zero-order valence-electron chi connectivity index (χ0n) is 16.8. The number of carbonyl (C=O) groups is 1. The molecule has 5 nitrogen and oxygen atoms in total. The lowest BCUT2D eigenvalue weighted by molar-refractivity contribution is 0.102. The molecule has 0 aliphatic carbocycles. The summed E-state index contributed by atoms with van der Waals surface area (Å²) in [6, 6.07) is 16.0. The van der Waals surface area contributed by atoms with Crippen LogP contribution in [0, 0.1) is 0 Å². The number of hydrogen-bond donors (Lipinski definition) is 2. The third-order valence-electron chi connectivity index (χ3n) is 4.54. The van der Waals surface area contributed by atoms with Crippen LogP contribution in [0.15, 0.2) is 60.9 Å². The normalized spacial score (nSPS) is 11.1. The van der Waals surface area contributed by atoms with Crippen LogP contribution in [0.3, 0.4) is 0 Å². The molecule has 3 rings (SSSR count). The van der Waals surface area contributed by atoms with Gasteiger partial charge in [0.2, 0.25) is 5.95 Å². The first kappa shape index (κ1) is 19.5. The fourth-order valence-electron chi connectivity index (χ4n) is 2.72. The number of benzene rings is 2. The highest BCUT2D eigenvalue weighted by atomic mass is 16.1. The molecule has 2 N–H and O–H groups in total. The molecular formula is C23H26N4O. The van der Waals surface area contributed by atoms with E-state index in [1.807, 2.05) is 36.4 Å². The molecule has 0 saturated heterocycles. The van der Waals surface area contributed by atoms with Crippen LogP contribution in [0.2, 0.25) is 0 Å². The maximum absolute atomic E-state index is 12.4. The number of nitrogens with zero attached hydrogens (tertiary/aromatic N) is 2. The average molecular weight is 374 g/mol. The van der Waals surface area contributed by atoms with E-state index in [1.54, 1.807) is 0 Å². The van der Waals surface area contributed by atoms with Gasteiger partial charge in [-0.15, -0.1) is 0 Å². The van der Waals surface area contributed by atoms with Gasteiger partial charge in [0.05, 0.1) is 5.56 Å². The first-order chi connectivity index (χ1) is 13.3. The molecule has 1 heterocycles. The third-order valence-corrected chi connectivity index (χ3v) is 4.54. The predicted molar refractivity (Wildman–Crippen MR) is 114 cm³/mol. The second-order valence-corrected chi connectivity index (χ2v) is 7.75. The van der Waals surface area contributed by atoms with Gasteiger partial charge in [0.15, 0.2) is 0 Å². The van der Waals surface area contributed by atoms with Gasteiger partial charge in [-0.3, -0.25) is 4.79 Å². The summed E-state index contributed by atoms with van der Waals surface area (Å²) in [5.74, 6) is 0.220. The number of rotatable bonds is 5. The zero-order chi connectivity index (χ0) is 20.1. The molecule has 0 atom stereocenters. The van der Waals surface area contributed by atoms with Crippen LogP contribution in [0.5, 0.6) is 0 Å². The highest BCUT2D eigenvalue weighted by Gasteiger charge is 2.13. The van der Waals surface area contributed by atoms with Gasteiger partial charge < -0.3 is 10.6 Å². The van der Waals surface area contributed by atoms with Crippen molar-refractivity contribution in [2.75, 3.05) is 10.6 Å². The smallest absolute Gasteiger partial charge is 0.258 e. The summed E-state index contributed by atoms with van der Waals surface area (Å²) in [6.07, 6.45) is 4.04. The molecule has 1 aromatic heterocycles. The van der Waals surface area contributed by atoms with E-state index in [4.69, 9.17) is 0 Å². The van der Waals surface area contributed by atoms with E-state index < -0.39 is 0 Å². The molecule has 5 heteroatoms. The largest absolute Gasteiger partial charge is 0.324 e. The highest BCUT2D eigenvalue weighted by molar-refractivity contribution is 6.03. The molecule has 144 valence electrons. The number of amides is 1.